The first-order valence-electron chi connectivity index (χ1n) is 6.27. The molecule has 20 heavy (non-hydrogen) atoms. The predicted octanol–water partition coefficient (Wildman–Crippen LogP) is 1.59. The number of para-hydroxylation sites is 1. The highest BCUT2D eigenvalue weighted by Crippen LogP contribution is 2.18. The van der Waals surface area contributed by atoms with Gasteiger partial charge in [-0.15, -0.1) is 0 Å². The molecule has 0 spiro atoms. The summed E-state index contributed by atoms with van der Waals surface area (Å²) in [6, 6.07) is 7.21. The minimum Gasteiger partial charge on any atom is -0.496 e. The van der Waals surface area contributed by atoms with E-state index in [4.69, 9.17) is 4.74 Å². The van der Waals surface area contributed by atoms with Crippen LogP contribution in [0.2, 0.25) is 0 Å². The van der Waals surface area contributed by atoms with Crippen molar-refractivity contribution in [2.24, 2.45) is 0 Å². The van der Waals surface area contributed by atoms with Crippen LogP contribution < -0.4 is 4.74 Å². The van der Waals surface area contributed by atoms with Crippen molar-refractivity contribution < 1.29 is 24.2 Å². The van der Waals surface area contributed by atoms with Gasteiger partial charge < -0.3 is 14.6 Å². The lowest BCUT2D eigenvalue weighted by Crippen LogP contribution is -2.25. The van der Waals surface area contributed by atoms with Crippen molar-refractivity contribution in [3.63, 3.8) is 0 Å². The molecular formula is C15H18O5. The summed E-state index contributed by atoms with van der Waals surface area (Å²) in [5.74, 6) is -0.509. The Bertz CT molecular complexity index is 493. The van der Waals surface area contributed by atoms with Gasteiger partial charge in [-0.3, -0.25) is 4.79 Å². The van der Waals surface area contributed by atoms with Crippen molar-refractivity contribution in [2.45, 2.75) is 19.4 Å². The molecule has 0 aromatic heterocycles. The van der Waals surface area contributed by atoms with E-state index in [-0.39, 0.29) is 18.8 Å². The molecule has 5 nitrogen and oxygen atoms in total. The quantitative estimate of drug-likeness (QED) is 0.605. The number of hydrogen-bond acceptors (Lipinski definition) is 5. The summed E-state index contributed by atoms with van der Waals surface area (Å²) in [5.41, 5.74) is 0.744. The molecule has 0 saturated heterocycles. The molecule has 0 heterocycles. The van der Waals surface area contributed by atoms with Crippen LogP contribution in [0.4, 0.5) is 0 Å². The third-order valence-corrected chi connectivity index (χ3v) is 2.54. The Morgan fingerprint density at radius 2 is 2.05 bits per heavy atom. The number of esters is 1. The first-order valence-corrected chi connectivity index (χ1v) is 6.27. The fraction of sp³-hybridized carbons (Fsp3) is 0.333. The largest absolute Gasteiger partial charge is 0.496 e. The van der Waals surface area contributed by atoms with Crippen LogP contribution in [0.25, 0.3) is 6.08 Å². The summed E-state index contributed by atoms with van der Waals surface area (Å²) in [7, 11) is 1.54. The fourth-order valence-corrected chi connectivity index (χ4v) is 1.57. The predicted molar refractivity (Wildman–Crippen MR) is 74.3 cm³/mol. The van der Waals surface area contributed by atoms with Gasteiger partial charge in [0.25, 0.3) is 0 Å². The lowest BCUT2D eigenvalue weighted by Gasteiger charge is -2.07. The zero-order valence-electron chi connectivity index (χ0n) is 11.5. The molecule has 0 saturated carbocycles. The molecule has 1 N–H and O–H groups in total. The number of ether oxygens (including phenoxy) is 2. The number of aliphatic hydroxyl groups excluding tert-OH is 1. The smallest absolute Gasteiger partial charge is 0.335 e. The van der Waals surface area contributed by atoms with Gasteiger partial charge in [0.05, 0.1) is 13.7 Å². The molecule has 1 aromatic carbocycles. The molecule has 108 valence electrons. The van der Waals surface area contributed by atoms with Gasteiger partial charge in [0.2, 0.25) is 0 Å². The fourth-order valence-electron chi connectivity index (χ4n) is 1.57. The van der Waals surface area contributed by atoms with Crippen LogP contribution in [0.3, 0.4) is 0 Å². The highest BCUT2D eigenvalue weighted by Gasteiger charge is 2.18. The van der Waals surface area contributed by atoms with Gasteiger partial charge in [0.15, 0.2) is 11.9 Å². The van der Waals surface area contributed by atoms with Crippen molar-refractivity contribution in [1.29, 1.82) is 0 Å². The summed E-state index contributed by atoms with van der Waals surface area (Å²) in [5, 5.41) is 9.46. The molecule has 0 aliphatic rings. The first-order chi connectivity index (χ1) is 9.58. The first kappa shape index (κ1) is 15.9. The Hall–Kier alpha value is -2.14. The molecule has 1 aromatic rings. The zero-order chi connectivity index (χ0) is 15.0. The van der Waals surface area contributed by atoms with E-state index in [1.807, 2.05) is 12.1 Å². The minimum atomic E-state index is -1.43. The molecule has 0 unspecified atom stereocenters. The lowest BCUT2D eigenvalue weighted by atomic mass is 10.1. The summed E-state index contributed by atoms with van der Waals surface area (Å²) in [4.78, 5) is 22.8. The average molecular weight is 278 g/mol. The maximum Gasteiger partial charge on any atom is 0.335 e. The second-order valence-corrected chi connectivity index (χ2v) is 4.01. The zero-order valence-corrected chi connectivity index (χ0v) is 11.5. The topological polar surface area (TPSA) is 72.8 Å². The third-order valence-electron chi connectivity index (χ3n) is 2.54. The average Bonchev–Trinajstić information content (AvgIpc) is 2.45. The Kier molecular flexibility index (Phi) is 6.46. The van der Waals surface area contributed by atoms with Crippen molar-refractivity contribution in [3.05, 3.63) is 35.9 Å². The van der Waals surface area contributed by atoms with Crippen molar-refractivity contribution in [2.75, 3.05) is 13.7 Å². The highest BCUT2D eigenvalue weighted by atomic mass is 16.5. The van der Waals surface area contributed by atoms with Crippen molar-refractivity contribution >= 4 is 17.8 Å². The molecule has 0 bridgehead atoms. The van der Waals surface area contributed by atoms with E-state index in [0.717, 1.165) is 5.56 Å². The van der Waals surface area contributed by atoms with Gasteiger partial charge in [0, 0.05) is 12.0 Å². The summed E-state index contributed by atoms with van der Waals surface area (Å²) in [6.45, 7) is 1.80. The minimum absolute atomic E-state index is 0.168. The van der Waals surface area contributed by atoms with Crippen LogP contribution in [0, 0.1) is 0 Å². The molecule has 0 aliphatic heterocycles. The van der Waals surface area contributed by atoms with Gasteiger partial charge in [0.1, 0.15) is 5.75 Å². The van der Waals surface area contributed by atoms with Crippen LogP contribution in [0.15, 0.2) is 30.3 Å². The maximum atomic E-state index is 11.6. The summed E-state index contributed by atoms with van der Waals surface area (Å²) < 4.78 is 9.76. The number of methoxy groups -OCH3 is 1. The molecule has 1 atom stereocenters. The second kappa shape index (κ2) is 8.12. The Morgan fingerprint density at radius 3 is 2.70 bits per heavy atom. The molecule has 0 amide bonds. The van der Waals surface area contributed by atoms with E-state index in [9.17, 15) is 14.7 Å². The van der Waals surface area contributed by atoms with E-state index in [0.29, 0.717) is 5.75 Å². The standard InChI is InChI=1S/C15H18O5/c1-3-20-15(18)13(17)10-12(16)9-8-11-6-4-5-7-14(11)19-2/h4-9,13,17H,3,10H2,1-2H3/b9-8+/t13-/m0/s1. The second-order valence-electron chi connectivity index (χ2n) is 4.01. The number of aliphatic hydroxyl groups is 1. The molecular weight excluding hydrogens is 260 g/mol. The van der Waals surface area contributed by atoms with E-state index in [2.05, 4.69) is 4.74 Å². The Morgan fingerprint density at radius 1 is 1.35 bits per heavy atom. The van der Waals surface area contributed by atoms with E-state index < -0.39 is 12.1 Å². The van der Waals surface area contributed by atoms with Crippen LogP contribution in [0.1, 0.15) is 18.9 Å². The molecule has 5 heteroatoms. The van der Waals surface area contributed by atoms with Gasteiger partial charge in [-0.25, -0.2) is 4.79 Å². The van der Waals surface area contributed by atoms with E-state index in [1.54, 1.807) is 32.2 Å². The van der Waals surface area contributed by atoms with Crippen LogP contribution in [-0.4, -0.2) is 36.7 Å². The number of ketones is 1. The van der Waals surface area contributed by atoms with Crippen molar-refractivity contribution in [3.8, 4) is 5.75 Å². The SMILES string of the molecule is CCOC(=O)[C@@H](O)CC(=O)/C=C/c1ccccc1OC. The number of carbonyl (C=O) groups excluding carboxylic acids is 2. The summed E-state index contributed by atoms with van der Waals surface area (Å²) in [6.07, 6.45) is 1.16. The molecule has 0 radical (unpaired) electrons. The third kappa shape index (κ3) is 4.85. The van der Waals surface area contributed by atoms with Crippen LogP contribution in [0.5, 0.6) is 5.75 Å². The summed E-state index contributed by atoms with van der Waals surface area (Å²) >= 11 is 0. The molecule has 0 aliphatic carbocycles. The number of carbonyl (C=O) groups is 2. The van der Waals surface area contributed by atoms with Crippen LogP contribution in [-0.2, 0) is 14.3 Å². The normalized spacial score (nSPS) is 12.2. The number of benzene rings is 1. The number of rotatable bonds is 7. The number of hydrogen-bond donors (Lipinski definition) is 1. The highest BCUT2D eigenvalue weighted by molar-refractivity contribution is 5.96. The Balaban J connectivity index is 2.62. The van der Waals surface area contributed by atoms with Gasteiger partial charge in [-0.05, 0) is 25.1 Å². The molecule has 0 fully saturated rings. The maximum absolute atomic E-state index is 11.6. The monoisotopic (exact) mass is 278 g/mol. The van der Waals surface area contributed by atoms with Crippen molar-refractivity contribution in [1.82, 2.24) is 0 Å². The van der Waals surface area contributed by atoms with Gasteiger partial charge in [-0.2, -0.15) is 0 Å². The van der Waals surface area contributed by atoms with Gasteiger partial charge in [-0.1, -0.05) is 18.2 Å². The molecule has 1 rings (SSSR count). The Labute approximate surface area is 117 Å². The van der Waals surface area contributed by atoms with Crippen LogP contribution >= 0.6 is 0 Å². The number of allylic oxidation sites excluding steroid dienone is 1. The van der Waals surface area contributed by atoms with E-state index in [1.165, 1.54) is 6.08 Å². The van der Waals surface area contributed by atoms with E-state index >= 15 is 0 Å². The lowest BCUT2D eigenvalue weighted by molar-refractivity contribution is -0.154. The van der Waals surface area contributed by atoms with Gasteiger partial charge >= 0.3 is 5.97 Å².